The molecule has 35 heavy (non-hydrogen) atoms. The first-order valence-corrected chi connectivity index (χ1v) is 10.9. The quantitative estimate of drug-likeness (QED) is 0.172. The fourth-order valence-electron chi connectivity index (χ4n) is 3.45. The molecule has 1 N–H and O–H groups in total. The summed E-state index contributed by atoms with van der Waals surface area (Å²) >= 11 is 0. The third-order valence-corrected chi connectivity index (χ3v) is 5.29. The van der Waals surface area contributed by atoms with Crippen molar-refractivity contribution in [1.82, 2.24) is 5.43 Å². The molecule has 7 nitrogen and oxygen atoms in total. The maximum atomic E-state index is 12.7. The lowest BCUT2D eigenvalue weighted by Crippen LogP contribution is -2.24. The highest BCUT2D eigenvalue weighted by Gasteiger charge is 2.14. The van der Waals surface area contributed by atoms with Gasteiger partial charge in [0, 0.05) is 5.56 Å². The largest absolute Gasteiger partial charge is 0.497 e. The van der Waals surface area contributed by atoms with Crippen LogP contribution in [0.3, 0.4) is 0 Å². The number of methoxy groups -OCH3 is 1. The second kappa shape index (κ2) is 11.0. The van der Waals surface area contributed by atoms with Gasteiger partial charge < -0.3 is 14.2 Å². The Morgan fingerprint density at radius 2 is 1.63 bits per heavy atom. The van der Waals surface area contributed by atoms with E-state index in [1.807, 2.05) is 55.5 Å². The highest BCUT2D eigenvalue weighted by Crippen LogP contribution is 2.27. The van der Waals surface area contributed by atoms with Crippen molar-refractivity contribution in [3.05, 3.63) is 102 Å². The lowest BCUT2D eigenvalue weighted by molar-refractivity contribution is -0.123. The summed E-state index contributed by atoms with van der Waals surface area (Å²) in [5, 5.41) is 5.84. The van der Waals surface area contributed by atoms with Crippen molar-refractivity contribution in [2.45, 2.75) is 6.92 Å². The molecule has 0 aromatic heterocycles. The lowest BCUT2D eigenvalue weighted by Gasteiger charge is -2.11. The molecule has 4 aromatic carbocycles. The number of carbonyl (C=O) groups is 2. The number of fused-ring (bicyclic) bond motifs is 1. The molecule has 0 aliphatic heterocycles. The van der Waals surface area contributed by atoms with E-state index in [9.17, 15) is 9.59 Å². The third kappa shape index (κ3) is 5.83. The standard InChI is InChI=1S/C28H24N2O5/c1-19-7-3-6-10-25(19)34-18-27(31)30-29-17-24-23-9-5-4-8-20(23)13-16-26(24)35-28(32)21-11-14-22(33-2)15-12-21/h3-17H,18H2,1-2H3,(H,30,31). The van der Waals surface area contributed by atoms with Crippen LogP contribution in [0.15, 0.2) is 90.0 Å². The summed E-state index contributed by atoms with van der Waals surface area (Å²) in [4.78, 5) is 25.0. The molecule has 0 aliphatic carbocycles. The van der Waals surface area contributed by atoms with Gasteiger partial charge in [0.25, 0.3) is 5.91 Å². The van der Waals surface area contributed by atoms with Crippen LogP contribution >= 0.6 is 0 Å². The zero-order valence-electron chi connectivity index (χ0n) is 19.4. The van der Waals surface area contributed by atoms with Gasteiger partial charge in [-0.2, -0.15) is 5.10 Å². The van der Waals surface area contributed by atoms with Crippen LogP contribution < -0.4 is 19.6 Å². The molecule has 4 aromatic rings. The second-order valence-electron chi connectivity index (χ2n) is 7.66. The summed E-state index contributed by atoms with van der Waals surface area (Å²) in [5.41, 5.74) is 4.33. The summed E-state index contributed by atoms with van der Waals surface area (Å²) < 4.78 is 16.4. The number of benzene rings is 4. The van der Waals surface area contributed by atoms with Crippen molar-refractivity contribution < 1.29 is 23.8 Å². The zero-order valence-corrected chi connectivity index (χ0v) is 19.4. The fourth-order valence-corrected chi connectivity index (χ4v) is 3.45. The highest BCUT2D eigenvalue weighted by atomic mass is 16.5. The maximum Gasteiger partial charge on any atom is 0.343 e. The van der Waals surface area contributed by atoms with E-state index in [4.69, 9.17) is 14.2 Å². The number of hydrogen-bond acceptors (Lipinski definition) is 6. The van der Waals surface area contributed by atoms with Crippen LogP contribution in [0, 0.1) is 6.92 Å². The van der Waals surface area contributed by atoms with Gasteiger partial charge in [-0.25, -0.2) is 10.2 Å². The van der Waals surface area contributed by atoms with Crippen LogP contribution in [0.25, 0.3) is 10.8 Å². The Labute approximate surface area is 202 Å². The summed E-state index contributed by atoms with van der Waals surface area (Å²) in [6, 6.07) is 25.3. The first-order chi connectivity index (χ1) is 17.0. The average molecular weight is 469 g/mol. The molecule has 4 rings (SSSR count). The van der Waals surface area contributed by atoms with Gasteiger partial charge in [-0.3, -0.25) is 4.79 Å². The van der Waals surface area contributed by atoms with Gasteiger partial charge >= 0.3 is 5.97 Å². The Morgan fingerprint density at radius 1 is 0.886 bits per heavy atom. The molecular weight excluding hydrogens is 444 g/mol. The molecule has 176 valence electrons. The molecule has 7 heteroatoms. The smallest absolute Gasteiger partial charge is 0.343 e. The molecule has 0 spiro atoms. The lowest BCUT2D eigenvalue weighted by atomic mass is 10.0. The van der Waals surface area contributed by atoms with Gasteiger partial charge in [0.2, 0.25) is 0 Å². The van der Waals surface area contributed by atoms with Gasteiger partial charge in [0.15, 0.2) is 6.61 Å². The minimum absolute atomic E-state index is 0.183. The number of esters is 1. The van der Waals surface area contributed by atoms with E-state index >= 15 is 0 Å². The molecule has 0 bridgehead atoms. The highest BCUT2D eigenvalue weighted by molar-refractivity contribution is 6.04. The molecule has 0 unspecified atom stereocenters. The Balaban J connectivity index is 1.50. The van der Waals surface area contributed by atoms with Crippen LogP contribution in [-0.4, -0.2) is 31.8 Å². The summed E-state index contributed by atoms with van der Waals surface area (Å²) in [6.45, 7) is 1.72. The predicted molar refractivity (Wildman–Crippen MR) is 134 cm³/mol. The number of amides is 1. The number of para-hydroxylation sites is 1. The SMILES string of the molecule is COc1ccc(C(=O)Oc2ccc3ccccc3c2C=NNC(=O)COc2ccccc2C)cc1. The molecule has 0 atom stereocenters. The van der Waals surface area contributed by atoms with Crippen molar-refractivity contribution in [3.8, 4) is 17.2 Å². The monoisotopic (exact) mass is 468 g/mol. The van der Waals surface area contributed by atoms with Crippen LogP contribution in [0.2, 0.25) is 0 Å². The fraction of sp³-hybridized carbons (Fsp3) is 0.107. The minimum atomic E-state index is -0.520. The summed E-state index contributed by atoms with van der Waals surface area (Å²) in [6.07, 6.45) is 1.46. The topological polar surface area (TPSA) is 86.2 Å². The number of nitrogens with one attached hydrogen (secondary N) is 1. The molecule has 0 heterocycles. The van der Waals surface area contributed by atoms with E-state index in [0.717, 1.165) is 16.3 Å². The van der Waals surface area contributed by atoms with E-state index in [0.29, 0.717) is 28.4 Å². The van der Waals surface area contributed by atoms with Crippen LogP contribution in [0.4, 0.5) is 0 Å². The zero-order chi connectivity index (χ0) is 24.6. The molecule has 0 radical (unpaired) electrons. The number of hydrazone groups is 1. The number of hydrogen-bond donors (Lipinski definition) is 1. The molecule has 1 amide bonds. The van der Waals surface area contributed by atoms with Crippen molar-refractivity contribution in [2.24, 2.45) is 5.10 Å². The van der Waals surface area contributed by atoms with E-state index in [1.165, 1.54) is 6.21 Å². The van der Waals surface area contributed by atoms with Gasteiger partial charge in [-0.1, -0.05) is 48.5 Å². The molecule has 0 aliphatic rings. The Kier molecular flexibility index (Phi) is 7.37. The van der Waals surface area contributed by atoms with Crippen molar-refractivity contribution in [3.63, 3.8) is 0 Å². The predicted octanol–water partition coefficient (Wildman–Crippen LogP) is 4.91. The van der Waals surface area contributed by atoms with Crippen molar-refractivity contribution in [1.29, 1.82) is 0 Å². The number of ether oxygens (including phenoxy) is 3. The average Bonchev–Trinajstić information content (AvgIpc) is 2.89. The number of nitrogens with zero attached hydrogens (tertiary/aromatic N) is 1. The van der Waals surface area contributed by atoms with Crippen LogP contribution in [-0.2, 0) is 4.79 Å². The third-order valence-electron chi connectivity index (χ3n) is 5.29. The number of aryl methyl sites for hydroxylation is 1. The molecule has 0 fully saturated rings. The van der Waals surface area contributed by atoms with E-state index in [-0.39, 0.29) is 6.61 Å². The van der Waals surface area contributed by atoms with Crippen molar-refractivity contribution in [2.75, 3.05) is 13.7 Å². The van der Waals surface area contributed by atoms with Gasteiger partial charge in [0.1, 0.15) is 17.2 Å². The molecular formula is C28H24N2O5. The summed E-state index contributed by atoms with van der Waals surface area (Å²) in [5.74, 6) is 0.657. The number of carbonyl (C=O) groups excluding carboxylic acids is 2. The van der Waals surface area contributed by atoms with Gasteiger partial charge in [-0.05, 0) is 59.7 Å². The first kappa shape index (κ1) is 23.5. The Morgan fingerprint density at radius 3 is 2.40 bits per heavy atom. The second-order valence-corrected chi connectivity index (χ2v) is 7.66. The van der Waals surface area contributed by atoms with Gasteiger partial charge in [0.05, 0.1) is 18.9 Å². The maximum absolute atomic E-state index is 12.7. The summed E-state index contributed by atoms with van der Waals surface area (Å²) in [7, 11) is 1.56. The van der Waals surface area contributed by atoms with E-state index in [1.54, 1.807) is 43.5 Å². The Bertz CT molecular complexity index is 1380. The number of rotatable bonds is 8. The Hall–Kier alpha value is -4.65. The van der Waals surface area contributed by atoms with E-state index in [2.05, 4.69) is 10.5 Å². The normalized spacial score (nSPS) is 10.8. The van der Waals surface area contributed by atoms with Crippen LogP contribution in [0.5, 0.6) is 17.2 Å². The van der Waals surface area contributed by atoms with Crippen molar-refractivity contribution >= 4 is 28.9 Å². The molecule has 0 saturated carbocycles. The van der Waals surface area contributed by atoms with Gasteiger partial charge in [-0.15, -0.1) is 0 Å². The van der Waals surface area contributed by atoms with Crippen LogP contribution in [0.1, 0.15) is 21.5 Å². The first-order valence-electron chi connectivity index (χ1n) is 10.9. The molecule has 0 saturated heterocycles. The van der Waals surface area contributed by atoms with E-state index < -0.39 is 11.9 Å². The minimum Gasteiger partial charge on any atom is -0.497 e.